The standard InChI is InChI=1S/C22H21ClN2O4/c1-14-10-18(15(2)29-14)22(26)25-24-12-16-8-9-20(21(11-16)27-3)28-13-17-6-4-5-7-19(17)23/h4-12H,13H2,1-3H3,(H,25,26)/b24-12-. The number of methoxy groups -OCH3 is 1. The Labute approximate surface area is 174 Å². The molecule has 6 nitrogen and oxygen atoms in total. The van der Waals surface area contributed by atoms with Crippen molar-refractivity contribution in [2.45, 2.75) is 20.5 Å². The molecule has 0 spiro atoms. The highest BCUT2D eigenvalue weighted by Crippen LogP contribution is 2.29. The van der Waals surface area contributed by atoms with Gasteiger partial charge in [-0.2, -0.15) is 5.10 Å². The molecule has 1 aromatic heterocycles. The van der Waals surface area contributed by atoms with Gasteiger partial charge in [-0.05, 0) is 49.7 Å². The number of furan rings is 1. The molecule has 1 heterocycles. The number of rotatable bonds is 7. The van der Waals surface area contributed by atoms with Gasteiger partial charge in [-0.3, -0.25) is 4.79 Å². The van der Waals surface area contributed by atoms with E-state index < -0.39 is 0 Å². The van der Waals surface area contributed by atoms with Crippen LogP contribution in [-0.2, 0) is 6.61 Å². The van der Waals surface area contributed by atoms with Gasteiger partial charge in [0.05, 0.1) is 18.9 Å². The first kappa shape index (κ1) is 20.5. The van der Waals surface area contributed by atoms with E-state index in [0.717, 1.165) is 11.1 Å². The lowest BCUT2D eigenvalue weighted by Crippen LogP contribution is -2.17. The third-order valence-electron chi connectivity index (χ3n) is 4.19. The molecular weight excluding hydrogens is 392 g/mol. The second kappa shape index (κ2) is 9.30. The molecule has 0 radical (unpaired) electrons. The average molecular weight is 413 g/mol. The van der Waals surface area contributed by atoms with E-state index in [1.165, 1.54) is 6.21 Å². The molecule has 0 saturated heterocycles. The summed E-state index contributed by atoms with van der Waals surface area (Å²) in [5.74, 6) is 2.03. The maximum Gasteiger partial charge on any atom is 0.274 e. The van der Waals surface area contributed by atoms with Gasteiger partial charge >= 0.3 is 0 Å². The number of carbonyl (C=O) groups is 1. The molecule has 1 amide bonds. The molecule has 3 rings (SSSR count). The molecule has 3 aromatic rings. The summed E-state index contributed by atoms with van der Waals surface area (Å²) >= 11 is 6.16. The Kier molecular flexibility index (Phi) is 6.57. The first-order chi connectivity index (χ1) is 14.0. The molecular formula is C22H21ClN2O4. The van der Waals surface area contributed by atoms with Gasteiger partial charge in [-0.25, -0.2) is 5.43 Å². The summed E-state index contributed by atoms with van der Waals surface area (Å²) in [5, 5.41) is 4.65. The fourth-order valence-corrected chi connectivity index (χ4v) is 2.93. The van der Waals surface area contributed by atoms with Crippen LogP contribution in [-0.4, -0.2) is 19.2 Å². The molecule has 150 valence electrons. The fraction of sp³-hybridized carbons (Fsp3) is 0.182. The van der Waals surface area contributed by atoms with Gasteiger partial charge in [0.2, 0.25) is 0 Å². The van der Waals surface area contributed by atoms with Gasteiger partial charge in [0, 0.05) is 10.6 Å². The normalized spacial score (nSPS) is 10.9. The van der Waals surface area contributed by atoms with Gasteiger partial charge in [0.1, 0.15) is 18.1 Å². The Hall–Kier alpha value is -3.25. The van der Waals surface area contributed by atoms with Crippen LogP contribution in [0.25, 0.3) is 0 Å². The number of halogens is 1. The van der Waals surface area contributed by atoms with E-state index in [2.05, 4.69) is 10.5 Å². The zero-order valence-electron chi connectivity index (χ0n) is 16.4. The van der Waals surface area contributed by atoms with Crippen molar-refractivity contribution in [3.8, 4) is 11.5 Å². The number of benzene rings is 2. The topological polar surface area (TPSA) is 73.1 Å². The van der Waals surface area contributed by atoms with Crippen molar-refractivity contribution in [3.05, 3.63) is 81.8 Å². The zero-order valence-corrected chi connectivity index (χ0v) is 17.1. The van der Waals surface area contributed by atoms with Gasteiger partial charge in [0.15, 0.2) is 11.5 Å². The third kappa shape index (κ3) is 5.18. The second-order valence-electron chi connectivity index (χ2n) is 6.32. The van der Waals surface area contributed by atoms with Gasteiger partial charge < -0.3 is 13.9 Å². The summed E-state index contributed by atoms with van der Waals surface area (Å²) in [7, 11) is 1.56. The van der Waals surface area contributed by atoms with Crippen LogP contribution in [0.3, 0.4) is 0 Å². The number of hydrogen-bond donors (Lipinski definition) is 1. The highest BCUT2D eigenvalue weighted by molar-refractivity contribution is 6.31. The SMILES string of the molecule is COc1cc(/C=N\NC(=O)c2cc(C)oc2C)ccc1OCc1ccccc1Cl. The molecule has 0 atom stereocenters. The largest absolute Gasteiger partial charge is 0.493 e. The maximum atomic E-state index is 12.2. The minimum Gasteiger partial charge on any atom is -0.493 e. The van der Waals surface area contributed by atoms with Crippen LogP contribution in [0, 0.1) is 13.8 Å². The lowest BCUT2D eigenvalue weighted by molar-refractivity contribution is 0.0953. The van der Waals surface area contributed by atoms with Crippen molar-refractivity contribution in [2.75, 3.05) is 7.11 Å². The number of aryl methyl sites for hydroxylation is 2. The number of nitrogens with zero attached hydrogens (tertiary/aromatic N) is 1. The van der Waals surface area contributed by atoms with Crippen molar-refractivity contribution >= 4 is 23.7 Å². The van der Waals surface area contributed by atoms with Crippen molar-refractivity contribution in [2.24, 2.45) is 5.10 Å². The summed E-state index contributed by atoms with van der Waals surface area (Å²) in [6.07, 6.45) is 1.53. The van der Waals surface area contributed by atoms with Crippen LogP contribution < -0.4 is 14.9 Å². The first-order valence-corrected chi connectivity index (χ1v) is 9.30. The Morgan fingerprint density at radius 1 is 1.17 bits per heavy atom. The quantitative estimate of drug-likeness (QED) is 0.442. The minimum atomic E-state index is -0.331. The van der Waals surface area contributed by atoms with E-state index >= 15 is 0 Å². The summed E-state index contributed by atoms with van der Waals surface area (Å²) in [4.78, 5) is 12.2. The van der Waals surface area contributed by atoms with Crippen molar-refractivity contribution in [1.82, 2.24) is 5.43 Å². The smallest absolute Gasteiger partial charge is 0.274 e. The van der Waals surface area contributed by atoms with E-state index in [9.17, 15) is 4.79 Å². The van der Waals surface area contributed by atoms with Crippen LogP contribution >= 0.6 is 11.6 Å². The molecule has 7 heteroatoms. The molecule has 0 bridgehead atoms. The van der Waals surface area contributed by atoms with Gasteiger partial charge in [-0.15, -0.1) is 0 Å². The first-order valence-electron chi connectivity index (χ1n) is 8.92. The second-order valence-corrected chi connectivity index (χ2v) is 6.72. The molecule has 0 aliphatic rings. The van der Waals surface area contributed by atoms with Crippen LogP contribution in [0.2, 0.25) is 5.02 Å². The van der Waals surface area contributed by atoms with Crippen LogP contribution in [0.5, 0.6) is 11.5 Å². The summed E-state index contributed by atoms with van der Waals surface area (Å²) < 4.78 is 16.6. The molecule has 1 N–H and O–H groups in total. The van der Waals surface area contributed by atoms with Crippen molar-refractivity contribution < 1.29 is 18.7 Å². The zero-order chi connectivity index (χ0) is 20.8. The predicted octanol–water partition coefficient (Wildman–Crippen LogP) is 4.90. The molecule has 2 aromatic carbocycles. The predicted molar refractivity (Wildman–Crippen MR) is 112 cm³/mol. The Morgan fingerprint density at radius 2 is 1.97 bits per heavy atom. The highest BCUT2D eigenvalue weighted by atomic mass is 35.5. The maximum absolute atomic E-state index is 12.2. The minimum absolute atomic E-state index is 0.322. The molecule has 29 heavy (non-hydrogen) atoms. The number of ether oxygens (including phenoxy) is 2. The highest BCUT2D eigenvalue weighted by Gasteiger charge is 2.12. The Morgan fingerprint density at radius 3 is 2.66 bits per heavy atom. The summed E-state index contributed by atoms with van der Waals surface area (Å²) in [6.45, 7) is 3.84. The Bertz CT molecular complexity index is 1040. The monoisotopic (exact) mass is 412 g/mol. The van der Waals surface area contributed by atoms with E-state index in [1.54, 1.807) is 39.2 Å². The number of amides is 1. The van der Waals surface area contributed by atoms with Crippen LogP contribution in [0.1, 0.15) is 33.0 Å². The molecule has 0 fully saturated rings. The molecule has 0 aliphatic carbocycles. The molecule has 0 unspecified atom stereocenters. The van der Waals surface area contributed by atoms with E-state index in [-0.39, 0.29) is 5.91 Å². The average Bonchev–Trinajstić information content (AvgIpc) is 3.06. The number of hydrogen-bond acceptors (Lipinski definition) is 5. The van der Waals surface area contributed by atoms with Crippen LogP contribution in [0.15, 0.2) is 58.0 Å². The number of nitrogens with one attached hydrogen (secondary N) is 1. The Balaban J connectivity index is 1.65. The van der Waals surface area contributed by atoms with E-state index in [4.69, 9.17) is 25.5 Å². The van der Waals surface area contributed by atoms with Crippen LogP contribution in [0.4, 0.5) is 0 Å². The van der Waals surface area contributed by atoms with Crippen molar-refractivity contribution in [3.63, 3.8) is 0 Å². The van der Waals surface area contributed by atoms with Gasteiger partial charge in [-0.1, -0.05) is 29.8 Å². The molecule has 0 aliphatic heterocycles. The lowest BCUT2D eigenvalue weighted by Gasteiger charge is -2.12. The third-order valence-corrected chi connectivity index (χ3v) is 4.56. The molecule has 0 saturated carbocycles. The van der Waals surface area contributed by atoms with E-state index in [1.807, 2.05) is 30.3 Å². The summed E-state index contributed by atoms with van der Waals surface area (Å²) in [6, 6.07) is 14.5. The number of hydrazone groups is 1. The van der Waals surface area contributed by atoms with E-state index in [0.29, 0.717) is 40.2 Å². The van der Waals surface area contributed by atoms with Crippen molar-refractivity contribution in [1.29, 1.82) is 0 Å². The van der Waals surface area contributed by atoms with Gasteiger partial charge in [0.25, 0.3) is 5.91 Å². The lowest BCUT2D eigenvalue weighted by atomic mass is 10.2. The summed E-state index contributed by atoms with van der Waals surface area (Å²) in [5.41, 5.74) is 4.58. The number of carbonyl (C=O) groups excluding carboxylic acids is 1. The fourth-order valence-electron chi connectivity index (χ4n) is 2.74.